The molecule has 0 aromatic rings. The molecule has 7 heteroatoms. The molecule has 0 radical (unpaired) electrons. The predicted molar refractivity (Wildman–Crippen MR) is 31.3 cm³/mol. The quantitative estimate of drug-likeness (QED) is 0.382. The van der Waals surface area contributed by atoms with Crippen LogP contribution in [0.5, 0.6) is 0 Å². The molecule has 0 aromatic heterocycles. The lowest BCUT2D eigenvalue weighted by Gasteiger charge is -2.07. The molecule has 0 aliphatic carbocycles. The Bertz CT molecular complexity index is 135. The SMILES string of the molecule is NNCC(=O)NCC(F)(F)F. The monoisotopic (exact) mass is 171 g/mol. The van der Waals surface area contributed by atoms with Crippen LogP contribution in [0.15, 0.2) is 0 Å². The van der Waals surface area contributed by atoms with Gasteiger partial charge >= 0.3 is 6.18 Å². The van der Waals surface area contributed by atoms with Gasteiger partial charge in [0.25, 0.3) is 0 Å². The van der Waals surface area contributed by atoms with Crippen molar-refractivity contribution in [1.82, 2.24) is 10.7 Å². The van der Waals surface area contributed by atoms with E-state index in [1.165, 1.54) is 0 Å². The zero-order valence-electron chi connectivity index (χ0n) is 5.53. The Morgan fingerprint density at radius 3 is 2.36 bits per heavy atom. The summed E-state index contributed by atoms with van der Waals surface area (Å²) in [5.74, 6) is 3.89. The third kappa shape index (κ3) is 7.07. The van der Waals surface area contributed by atoms with Crippen molar-refractivity contribution in [3.05, 3.63) is 0 Å². The molecule has 0 aliphatic rings. The Morgan fingerprint density at radius 1 is 1.45 bits per heavy atom. The van der Waals surface area contributed by atoms with Gasteiger partial charge in [-0.25, -0.2) is 0 Å². The minimum atomic E-state index is -4.37. The Hall–Kier alpha value is -0.820. The fraction of sp³-hybridized carbons (Fsp3) is 0.750. The van der Waals surface area contributed by atoms with Gasteiger partial charge in [-0.1, -0.05) is 0 Å². The maximum atomic E-state index is 11.4. The molecule has 1 amide bonds. The highest BCUT2D eigenvalue weighted by molar-refractivity contribution is 5.77. The Labute approximate surface area is 60.9 Å². The van der Waals surface area contributed by atoms with Crippen LogP contribution in [0.2, 0.25) is 0 Å². The first-order chi connectivity index (χ1) is 4.95. The van der Waals surface area contributed by atoms with Crippen molar-refractivity contribution < 1.29 is 18.0 Å². The summed E-state index contributed by atoms with van der Waals surface area (Å²) in [4.78, 5) is 10.3. The summed E-state index contributed by atoms with van der Waals surface area (Å²) >= 11 is 0. The molecule has 0 saturated carbocycles. The second-order valence-corrected chi connectivity index (χ2v) is 1.77. The lowest BCUT2D eigenvalue weighted by Crippen LogP contribution is -2.41. The summed E-state index contributed by atoms with van der Waals surface area (Å²) in [6.45, 7) is -1.65. The first-order valence-corrected chi connectivity index (χ1v) is 2.72. The van der Waals surface area contributed by atoms with Gasteiger partial charge in [-0.05, 0) is 0 Å². The van der Waals surface area contributed by atoms with Gasteiger partial charge in [0.05, 0.1) is 6.54 Å². The summed E-state index contributed by atoms with van der Waals surface area (Å²) in [7, 11) is 0. The fourth-order valence-electron chi connectivity index (χ4n) is 0.354. The van der Waals surface area contributed by atoms with E-state index in [4.69, 9.17) is 0 Å². The van der Waals surface area contributed by atoms with Gasteiger partial charge in [-0.3, -0.25) is 16.1 Å². The molecule has 4 nitrogen and oxygen atoms in total. The third-order valence-electron chi connectivity index (χ3n) is 0.749. The number of hydrazine groups is 1. The van der Waals surface area contributed by atoms with Gasteiger partial charge in [-0.15, -0.1) is 0 Å². The van der Waals surface area contributed by atoms with Crippen LogP contribution in [0, 0.1) is 0 Å². The maximum Gasteiger partial charge on any atom is 0.405 e. The van der Waals surface area contributed by atoms with Crippen LogP contribution in [-0.4, -0.2) is 25.2 Å². The van der Waals surface area contributed by atoms with E-state index in [1.807, 2.05) is 5.43 Å². The summed E-state index contributed by atoms with van der Waals surface area (Å²) < 4.78 is 34.2. The molecule has 0 fully saturated rings. The van der Waals surface area contributed by atoms with Crippen LogP contribution in [0.3, 0.4) is 0 Å². The molecule has 0 bridgehead atoms. The summed E-state index contributed by atoms with van der Waals surface area (Å²) in [6, 6.07) is 0. The van der Waals surface area contributed by atoms with E-state index < -0.39 is 18.6 Å². The van der Waals surface area contributed by atoms with Crippen LogP contribution >= 0.6 is 0 Å². The number of alkyl halides is 3. The van der Waals surface area contributed by atoms with Crippen molar-refractivity contribution in [2.24, 2.45) is 5.84 Å². The standard InChI is InChI=1S/C4H8F3N3O/c5-4(6,7)2-9-3(11)1-10-8/h10H,1-2,8H2,(H,9,11). The van der Waals surface area contributed by atoms with E-state index in [9.17, 15) is 18.0 Å². The van der Waals surface area contributed by atoms with Gasteiger partial charge in [0.2, 0.25) is 5.91 Å². The highest BCUT2D eigenvalue weighted by Crippen LogP contribution is 2.11. The van der Waals surface area contributed by atoms with Crippen LogP contribution in [0.25, 0.3) is 0 Å². The Kier molecular flexibility index (Phi) is 3.83. The number of rotatable bonds is 3. The van der Waals surface area contributed by atoms with Gasteiger partial charge in [0.15, 0.2) is 0 Å². The van der Waals surface area contributed by atoms with Crippen molar-refractivity contribution in [1.29, 1.82) is 0 Å². The number of carbonyl (C=O) groups is 1. The minimum absolute atomic E-state index is 0.323. The van der Waals surface area contributed by atoms with E-state index in [1.54, 1.807) is 5.32 Å². The topological polar surface area (TPSA) is 67.1 Å². The van der Waals surface area contributed by atoms with Gasteiger partial charge in [0.1, 0.15) is 6.54 Å². The normalized spacial score (nSPS) is 11.3. The molecule has 4 N–H and O–H groups in total. The van der Waals surface area contributed by atoms with Crippen LogP contribution in [0.1, 0.15) is 0 Å². The molecule has 0 spiro atoms. The number of halogens is 3. The average molecular weight is 171 g/mol. The molecule has 0 saturated heterocycles. The number of amides is 1. The van der Waals surface area contributed by atoms with Crippen LogP contribution in [0.4, 0.5) is 13.2 Å². The second-order valence-electron chi connectivity index (χ2n) is 1.77. The molecular weight excluding hydrogens is 163 g/mol. The van der Waals surface area contributed by atoms with Crippen molar-refractivity contribution in [2.75, 3.05) is 13.1 Å². The lowest BCUT2D eigenvalue weighted by molar-refractivity contribution is -0.137. The molecule has 0 heterocycles. The van der Waals surface area contributed by atoms with Crippen LogP contribution < -0.4 is 16.6 Å². The average Bonchev–Trinajstić information content (AvgIpc) is 1.83. The largest absolute Gasteiger partial charge is 0.405 e. The van der Waals surface area contributed by atoms with Crippen molar-refractivity contribution in [2.45, 2.75) is 6.18 Å². The van der Waals surface area contributed by atoms with Gasteiger partial charge in [-0.2, -0.15) is 13.2 Å². The highest BCUT2D eigenvalue weighted by atomic mass is 19.4. The fourth-order valence-corrected chi connectivity index (χ4v) is 0.354. The first-order valence-electron chi connectivity index (χ1n) is 2.72. The minimum Gasteiger partial charge on any atom is -0.346 e. The van der Waals surface area contributed by atoms with Crippen molar-refractivity contribution in [3.63, 3.8) is 0 Å². The molecule has 0 unspecified atom stereocenters. The van der Waals surface area contributed by atoms with Gasteiger partial charge in [0, 0.05) is 0 Å². The zero-order chi connectivity index (χ0) is 8.91. The van der Waals surface area contributed by atoms with E-state index >= 15 is 0 Å². The van der Waals surface area contributed by atoms with E-state index in [0.717, 1.165) is 0 Å². The van der Waals surface area contributed by atoms with E-state index in [-0.39, 0.29) is 6.54 Å². The van der Waals surface area contributed by atoms with E-state index in [0.29, 0.717) is 0 Å². The zero-order valence-corrected chi connectivity index (χ0v) is 5.53. The number of hydrogen-bond donors (Lipinski definition) is 3. The molecule has 0 rings (SSSR count). The highest BCUT2D eigenvalue weighted by Gasteiger charge is 2.27. The number of hydrogen-bond acceptors (Lipinski definition) is 3. The van der Waals surface area contributed by atoms with Crippen LogP contribution in [-0.2, 0) is 4.79 Å². The van der Waals surface area contributed by atoms with Crippen molar-refractivity contribution in [3.8, 4) is 0 Å². The smallest absolute Gasteiger partial charge is 0.346 e. The maximum absolute atomic E-state index is 11.4. The number of nitrogens with one attached hydrogen (secondary N) is 2. The predicted octanol–water partition coefficient (Wildman–Crippen LogP) is -0.872. The van der Waals surface area contributed by atoms with E-state index in [2.05, 4.69) is 5.84 Å². The molecular formula is C4H8F3N3O. The summed E-state index contributed by atoms with van der Waals surface area (Å²) in [5, 5.41) is 1.62. The van der Waals surface area contributed by atoms with Crippen molar-refractivity contribution >= 4 is 5.91 Å². The molecule has 0 aromatic carbocycles. The van der Waals surface area contributed by atoms with Gasteiger partial charge < -0.3 is 5.32 Å². The summed E-state index contributed by atoms with van der Waals surface area (Å²) in [6.07, 6.45) is -4.37. The lowest BCUT2D eigenvalue weighted by atomic mass is 10.5. The molecule has 0 aliphatic heterocycles. The number of nitrogens with two attached hydrogens (primary N) is 1. The molecule has 0 atom stereocenters. The molecule has 66 valence electrons. The third-order valence-corrected chi connectivity index (χ3v) is 0.749. The summed E-state index contributed by atoms with van der Waals surface area (Å²) in [5.41, 5.74) is 1.92. The Balaban J connectivity index is 3.46. The molecule has 11 heavy (non-hydrogen) atoms. The number of carbonyl (C=O) groups excluding carboxylic acids is 1. The Morgan fingerprint density at radius 2 is 2.00 bits per heavy atom. The first kappa shape index (κ1) is 10.2. The second kappa shape index (κ2) is 4.14.